The Balaban J connectivity index is 1.71. The van der Waals surface area contributed by atoms with Crippen LogP contribution < -0.4 is 4.74 Å². The number of amides is 1. The van der Waals surface area contributed by atoms with Gasteiger partial charge in [0.1, 0.15) is 11.5 Å². The number of nitrogens with zero attached hydrogens (tertiary/aromatic N) is 2. The fraction of sp³-hybridized carbons (Fsp3) is 0.421. The summed E-state index contributed by atoms with van der Waals surface area (Å²) in [6, 6.07) is 5.27. The summed E-state index contributed by atoms with van der Waals surface area (Å²) >= 11 is 0. The summed E-state index contributed by atoms with van der Waals surface area (Å²) in [5, 5.41) is 0. The third-order valence-electron chi connectivity index (χ3n) is 4.73. The van der Waals surface area contributed by atoms with Crippen molar-refractivity contribution in [2.24, 2.45) is 5.92 Å². The lowest BCUT2D eigenvalue weighted by molar-refractivity contribution is 0.0600. The number of methoxy groups -OCH3 is 2. The van der Waals surface area contributed by atoms with Crippen LogP contribution in [0.5, 0.6) is 5.75 Å². The summed E-state index contributed by atoms with van der Waals surface area (Å²) in [6.07, 6.45) is 2.89. The van der Waals surface area contributed by atoms with Gasteiger partial charge in [0.25, 0.3) is 5.91 Å². The van der Waals surface area contributed by atoms with E-state index in [9.17, 15) is 9.59 Å². The van der Waals surface area contributed by atoms with Crippen LogP contribution in [0.25, 0.3) is 0 Å². The van der Waals surface area contributed by atoms with E-state index in [1.54, 1.807) is 37.1 Å². The lowest BCUT2D eigenvalue weighted by Gasteiger charge is -2.17. The van der Waals surface area contributed by atoms with E-state index in [-0.39, 0.29) is 17.8 Å². The quantitative estimate of drug-likeness (QED) is 0.764. The van der Waals surface area contributed by atoms with Crippen LogP contribution in [0.2, 0.25) is 0 Å². The molecule has 0 spiro atoms. The molecule has 1 amide bonds. The summed E-state index contributed by atoms with van der Waals surface area (Å²) in [5.74, 6) is 1.07. The van der Waals surface area contributed by atoms with E-state index in [1.807, 2.05) is 0 Å². The maximum atomic E-state index is 12.5. The largest absolute Gasteiger partial charge is 0.496 e. The first-order valence-corrected chi connectivity index (χ1v) is 8.48. The summed E-state index contributed by atoms with van der Waals surface area (Å²) in [4.78, 5) is 30.1. The van der Waals surface area contributed by atoms with E-state index >= 15 is 0 Å². The second kappa shape index (κ2) is 7.59. The lowest BCUT2D eigenvalue weighted by atomic mass is 9.96. The third-order valence-corrected chi connectivity index (χ3v) is 4.73. The molecule has 138 valence electrons. The van der Waals surface area contributed by atoms with Crippen molar-refractivity contribution < 1.29 is 23.5 Å². The van der Waals surface area contributed by atoms with Gasteiger partial charge in [0.2, 0.25) is 0 Å². The number of benzene rings is 1. The highest BCUT2D eigenvalue weighted by molar-refractivity contribution is 5.93. The number of likely N-dealkylation sites (tertiary alicyclic amines) is 1. The van der Waals surface area contributed by atoms with E-state index < -0.39 is 0 Å². The number of carbonyl (C=O) groups excluding carboxylic acids is 2. The number of hydrogen-bond acceptors (Lipinski definition) is 6. The van der Waals surface area contributed by atoms with Crippen molar-refractivity contribution in [1.82, 2.24) is 9.88 Å². The molecule has 1 fully saturated rings. The van der Waals surface area contributed by atoms with Crippen molar-refractivity contribution >= 4 is 11.9 Å². The van der Waals surface area contributed by atoms with Gasteiger partial charge in [0.05, 0.1) is 19.8 Å². The van der Waals surface area contributed by atoms with E-state index in [4.69, 9.17) is 13.9 Å². The second-order valence-electron chi connectivity index (χ2n) is 6.39. The summed E-state index contributed by atoms with van der Waals surface area (Å²) < 4.78 is 15.3. The monoisotopic (exact) mass is 358 g/mol. The molecule has 1 aliphatic heterocycles. The molecule has 7 heteroatoms. The number of hydrogen-bond donors (Lipinski definition) is 0. The molecule has 2 heterocycles. The molecule has 3 rings (SSSR count). The van der Waals surface area contributed by atoms with Gasteiger partial charge in [-0.05, 0) is 49.4 Å². The van der Waals surface area contributed by atoms with Gasteiger partial charge in [-0.15, -0.1) is 0 Å². The highest BCUT2D eigenvalue weighted by Crippen LogP contribution is 2.28. The molecule has 1 saturated heterocycles. The second-order valence-corrected chi connectivity index (χ2v) is 6.39. The minimum atomic E-state index is -0.376. The number of ether oxygens (including phenoxy) is 2. The fourth-order valence-corrected chi connectivity index (χ4v) is 3.34. The van der Waals surface area contributed by atoms with Gasteiger partial charge in [-0.3, -0.25) is 4.79 Å². The molecule has 0 bridgehead atoms. The van der Waals surface area contributed by atoms with E-state index in [0.29, 0.717) is 30.1 Å². The third kappa shape index (κ3) is 3.56. The number of carbonyl (C=O) groups is 2. The predicted molar refractivity (Wildman–Crippen MR) is 93.3 cm³/mol. The average Bonchev–Trinajstić information content (AvgIpc) is 3.29. The van der Waals surface area contributed by atoms with Crippen molar-refractivity contribution in [3.63, 3.8) is 0 Å². The number of oxazole rings is 1. The van der Waals surface area contributed by atoms with Gasteiger partial charge in [0, 0.05) is 13.1 Å². The van der Waals surface area contributed by atoms with Crippen molar-refractivity contribution in [2.75, 3.05) is 27.3 Å². The molecular formula is C19H22N2O5. The number of esters is 1. The smallest absolute Gasteiger partial charge is 0.337 e. The fourth-order valence-electron chi connectivity index (χ4n) is 3.34. The molecular weight excluding hydrogens is 336 g/mol. The van der Waals surface area contributed by atoms with Gasteiger partial charge in [0.15, 0.2) is 12.1 Å². The first-order valence-electron chi connectivity index (χ1n) is 8.48. The number of aromatic nitrogens is 1. The lowest BCUT2D eigenvalue weighted by Crippen LogP contribution is -2.29. The molecule has 0 N–H and O–H groups in total. The zero-order valence-corrected chi connectivity index (χ0v) is 15.2. The Morgan fingerprint density at radius 1 is 1.35 bits per heavy atom. The molecule has 0 saturated carbocycles. The molecule has 0 aliphatic carbocycles. The molecule has 1 aliphatic rings. The molecule has 1 unspecified atom stereocenters. The van der Waals surface area contributed by atoms with Gasteiger partial charge in [-0.2, -0.15) is 0 Å². The Morgan fingerprint density at radius 3 is 2.81 bits per heavy atom. The zero-order chi connectivity index (χ0) is 18.7. The standard InChI is InChI=1S/C19H22N2O5/c1-12-17(20-11-26-12)18(22)21-7-6-13(10-21)8-15-9-14(19(23)25-3)4-5-16(15)24-2/h4-5,9,11,13H,6-8,10H2,1-3H3. The van der Waals surface area contributed by atoms with E-state index in [1.165, 1.54) is 13.5 Å². The van der Waals surface area contributed by atoms with Crippen molar-refractivity contribution in [2.45, 2.75) is 19.8 Å². The molecule has 26 heavy (non-hydrogen) atoms. The first kappa shape index (κ1) is 18.0. The number of aryl methyl sites for hydroxylation is 1. The Hall–Kier alpha value is -2.83. The average molecular weight is 358 g/mol. The summed E-state index contributed by atoms with van der Waals surface area (Å²) in [7, 11) is 2.97. The minimum absolute atomic E-state index is 0.103. The number of rotatable bonds is 5. The Labute approximate surface area is 151 Å². The van der Waals surface area contributed by atoms with Crippen molar-refractivity contribution in [3.8, 4) is 5.75 Å². The Bertz CT molecular complexity index is 814. The predicted octanol–water partition coefficient (Wildman–Crippen LogP) is 2.48. The molecule has 1 atom stereocenters. The molecule has 7 nitrogen and oxygen atoms in total. The maximum Gasteiger partial charge on any atom is 0.337 e. The maximum absolute atomic E-state index is 12.5. The van der Waals surface area contributed by atoms with Crippen LogP contribution in [0.1, 0.15) is 38.6 Å². The SMILES string of the molecule is COC(=O)c1ccc(OC)c(CC2CCN(C(=O)c3ncoc3C)C2)c1. The zero-order valence-electron chi connectivity index (χ0n) is 15.2. The van der Waals surface area contributed by atoms with Crippen LogP contribution in [-0.4, -0.2) is 49.1 Å². The van der Waals surface area contributed by atoms with Gasteiger partial charge in [-0.1, -0.05) is 0 Å². The normalized spacial score (nSPS) is 16.6. The first-order chi connectivity index (χ1) is 12.5. The molecule has 0 radical (unpaired) electrons. The molecule has 2 aromatic rings. The van der Waals surface area contributed by atoms with Gasteiger partial charge < -0.3 is 18.8 Å². The Kier molecular flexibility index (Phi) is 5.25. The highest BCUT2D eigenvalue weighted by atomic mass is 16.5. The molecule has 1 aromatic heterocycles. The van der Waals surface area contributed by atoms with Crippen LogP contribution in [0, 0.1) is 12.8 Å². The van der Waals surface area contributed by atoms with Crippen LogP contribution in [0.15, 0.2) is 29.0 Å². The van der Waals surface area contributed by atoms with Crippen LogP contribution in [0.3, 0.4) is 0 Å². The van der Waals surface area contributed by atoms with Crippen LogP contribution in [-0.2, 0) is 11.2 Å². The van der Waals surface area contributed by atoms with Gasteiger partial charge in [-0.25, -0.2) is 9.78 Å². The van der Waals surface area contributed by atoms with E-state index in [2.05, 4.69) is 4.98 Å². The van der Waals surface area contributed by atoms with Gasteiger partial charge >= 0.3 is 5.97 Å². The highest BCUT2D eigenvalue weighted by Gasteiger charge is 2.30. The molecule has 1 aromatic carbocycles. The van der Waals surface area contributed by atoms with Crippen LogP contribution >= 0.6 is 0 Å². The van der Waals surface area contributed by atoms with Crippen LogP contribution in [0.4, 0.5) is 0 Å². The van der Waals surface area contributed by atoms with Crippen molar-refractivity contribution in [1.29, 1.82) is 0 Å². The topological polar surface area (TPSA) is 81.9 Å². The van der Waals surface area contributed by atoms with E-state index in [0.717, 1.165) is 24.2 Å². The summed E-state index contributed by atoms with van der Waals surface area (Å²) in [5.41, 5.74) is 1.80. The Morgan fingerprint density at radius 2 is 2.15 bits per heavy atom. The minimum Gasteiger partial charge on any atom is -0.496 e. The van der Waals surface area contributed by atoms with Crippen molar-refractivity contribution in [3.05, 3.63) is 47.2 Å². The summed E-state index contributed by atoms with van der Waals surface area (Å²) in [6.45, 7) is 3.04.